The van der Waals surface area contributed by atoms with Crippen LogP contribution in [-0.2, 0) is 43.4 Å². The number of hydrogen-bond donors (Lipinski definition) is 0. The van der Waals surface area contributed by atoms with Crippen LogP contribution in [0.5, 0.6) is 11.5 Å². The van der Waals surface area contributed by atoms with Gasteiger partial charge in [0.15, 0.2) is 0 Å². The first-order chi connectivity index (χ1) is 27.2. The van der Waals surface area contributed by atoms with Crippen LogP contribution >= 0.6 is 0 Å². The molecule has 2 fully saturated rings. The van der Waals surface area contributed by atoms with E-state index in [1.807, 2.05) is 12.1 Å². The minimum Gasteiger partial charge on any atom is -0.489 e. The van der Waals surface area contributed by atoms with Crippen LogP contribution in [0.25, 0.3) is 0 Å². The van der Waals surface area contributed by atoms with Gasteiger partial charge in [0, 0.05) is 39.3 Å². The molecule has 2 aliphatic rings. The van der Waals surface area contributed by atoms with E-state index in [-0.39, 0.29) is 25.0 Å². The average Bonchev–Trinajstić information content (AvgIpc) is 3.21. The van der Waals surface area contributed by atoms with Gasteiger partial charge in [0.2, 0.25) is 0 Å². The third-order valence-corrected chi connectivity index (χ3v) is 10.7. The fourth-order valence-electron chi connectivity index (χ4n) is 7.31. The van der Waals surface area contributed by atoms with E-state index in [4.69, 9.17) is 23.7 Å². The van der Waals surface area contributed by atoms with Gasteiger partial charge in [0.1, 0.15) is 24.7 Å². The molecular formula is C47H58N2O7. The van der Waals surface area contributed by atoms with E-state index in [1.54, 1.807) is 0 Å². The fourth-order valence-corrected chi connectivity index (χ4v) is 7.31. The molecule has 0 amide bonds. The van der Waals surface area contributed by atoms with E-state index < -0.39 is 11.9 Å². The van der Waals surface area contributed by atoms with Crippen LogP contribution < -0.4 is 9.47 Å². The maximum atomic E-state index is 12.7. The zero-order valence-electron chi connectivity index (χ0n) is 33.6. The molecule has 0 bridgehead atoms. The van der Waals surface area contributed by atoms with Crippen LogP contribution in [-0.4, -0.2) is 74.2 Å². The number of rotatable bonds is 17. The zero-order chi connectivity index (χ0) is 39.3. The van der Waals surface area contributed by atoms with Crippen molar-refractivity contribution in [3.8, 4) is 11.5 Å². The molecule has 0 spiro atoms. The molecule has 2 unspecified atom stereocenters. The molecule has 2 atom stereocenters. The Morgan fingerprint density at radius 1 is 0.643 bits per heavy atom. The number of aryl methyl sites for hydroxylation is 4. The predicted molar refractivity (Wildman–Crippen MR) is 218 cm³/mol. The van der Waals surface area contributed by atoms with E-state index in [1.165, 1.54) is 24.0 Å². The third kappa shape index (κ3) is 12.2. The lowest BCUT2D eigenvalue weighted by atomic mass is 10.0. The Bertz CT molecular complexity index is 1880. The molecule has 2 heterocycles. The third-order valence-electron chi connectivity index (χ3n) is 10.7. The minimum atomic E-state index is -0.494. The topological polar surface area (TPSA) is 86.8 Å². The Hall–Kier alpha value is -4.54. The minimum absolute atomic E-state index is 0.108. The second-order valence-corrected chi connectivity index (χ2v) is 15.2. The first kappa shape index (κ1) is 41.1. The largest absolute Gasteiger partial charge is 0.489 e. The molecule has 56 heavy (non-hydrogen) atoms. The molecule has 298 valence electrons. The molecular weight excluding hydrogens is 705 g/mol. The number of unbranched alkanes of at least 4 members (excludes halogenated alkanes) is 1. The van der Waals surface area contributed by atoms with Crippen molar-refractivity contribution in [3.63, 3.8) is 0 Å². The van der Waals surface area contributed by atoms with E-state index in [2.05, 4.69) is 110 Å². The van der Waals surface area contributed by atoms with Gasteiger partial charge in [-0.1, -0.05) is 79.6 Å². The Kier molecular flexibility index (Phi) is 15.1. The number of hydrogen-bond acceptors (Lipinski definition) is 9. The zero-order valence-corrected chi connectivity index (χ0v) is 33.6. The molecule has 2 aliphatic heterocycles. The molecule has 4 aromatic rings. The Morgan fingerprint density at radius 3 is 1.57 bits per heavy atom. The van der Waals surface area contributed by atoms with E-state index in [9.17, 15) is 9.59 Å². The monoisotopic (exact) mass is 762 g/mol. The van der Waals surface area contributed by atoms with Crippen molar-refractivity contribution in [3.05, 3.63) is 129 Å². The van der Waals surface area contributed by atoms with Gasteiger partial charge < -0.3 is 23.7 Å². The maximum absolute atomic E-state index is 12.7. The van der Waals surface area contributed by atoms with Crippen molar-refractivity contribution < 1.29 is 33.3 Å². The Balaban J connectivity index is 0.890. The van der Waals surface area contributed by atoms with Crippen molar-refractivity contribution in [1.82, 2.24) is 9.80 Å². The van der Waals surface area contributed by atoms with Crippen molar-refractivity contribution >= 4 is 11.9 Å². The molecule has 0 N–H and O–H groups in total. The maximum Gasteiger partial charge on any atom is 0.314 e. The van der Waals surface area contributed by atoms with Crippen molar-refractivity contribution in [1.29, 1.82) is 0 Å². The fraction of sp³-hybridized carbons (Fsp3) is 0.447. The van der Waals surface area contributed by atoms with Crippen LogP contribution in [0.2, 0.25) is 0 Å². The average molecular weight is 763 g/mol. The summed E-state index contributed by atoms with van der Waals surface area (Å²) in [6.45, 7) is 14.4. The van der Waals surface area contributed by atoms with Gasteiger partial charge in [-0.3, -0.25) is 19.4 Å². The number of carbonyl (C=O) groups is 2. The molecule has 0 radical (unpaired) electrons. The van der Waals surface area contributed by atoms with Crippen LogP contribution in [0.4, 0.5) is 0 Å². The van der Waals surface area contributed by atoms with Crippen LogP contribution in [0.3, 0.4) is 0 Å². The van der Waals surface area contributed by atoms with Crippen LogP contribution in [0.15, 0.2) is 84.9 Å². The van der Waals surface area contributed by atoms with E-state index >= 15 is 0 Å². The lowest BCUT2D eigenvalue weighted by Crippen LogP contribution is -2.40. The smallest absolute Gasteiger partial charge is 0.314 e. The highest BCUT2D eigenvalue weighted by atomic mass is 16.6. The van der Waals surface area contributed by atoms with Gasteiger partial charge in [0.05, 0.1) is 38.3 Å². The molecule has 0 aromatic heterocycles. The number of ether oxygens (including phenoxy) is 5. The lowest BCUT2D eigenvalue weighted by Gasteiger charge is -2.34. The summed E-state index contributed by atoms with van der Waals surface area (Å²) in [7, 11) is 0. The van der Waals surface area contributed by atoms with Gasteiger partial charge in [0.25, 0.3) is 0 Å². The molecule has 0 aliphatic carbocycles. The first-order valence-electron chi connectivity index (χ1n) is 20.2. The highest BCUT2D eigenvalue weighted by molar-refractivity contribution is 5.85. The number of esters is 2. The summed E-state index contributed by atoms with van der Waals surface area (Å²) < 4.78 is 29.7. The summed E-state index contributed by atoms with van der Waals surface area (Å²) in [6.07, 6.45) is 3.60. The summed E-state index contributed by atoms with van der Waals surface area (Å²) in [5.74, 6) is 0.662. The predicted octanol–water partition coefficient (Wildman–Crippen LogP) is 8.41. The second kappa shape index (κ2) is 20.6. The van der Waals surface area contributed by atoms with Gasteiger partial charge in [-0.05, 0) is 96.8 Å². The second-order valence-electron chi connectivity index (χ2n) is 15.2. The summed E-state index contributed by atoms with van der Waals surface area (Å²) in [6, 6.07) is 29.3. The number of morpholine rings is 2. The normalized spacial score (nSPS) is 17.7. The summed E-state index contributed by atoms with van der Waals surface area (Å²) in [5.41, 5.74) is 9.30. The number of nitrogens with zero attached hydrogens (tertiary/aromatic N) is 2. The van der Waals surface area contributed by atoms with Gasteiger partial charge >= 0.3 is 11.9 Å². The molecule has 9 nitrogen and oxygen atoms in total. The summed E-state index contributed by atoms with van der Waals surface area (Å²) >= 11 is 0. The van der Waals surface area contributed by atoms with Gasteiger partial charge in [-0.2, -0.15) is 0 Å². The summed E-state index contributed by atoms with van der Waals surface area (Å²) in [4.78, 5) is 29.8. The first-order valence-corrected chi connectivity index (χ1v) is 20.2. The Morgan fingerprint density at radius 2 is 1.11 bits per heavy atom. The van der Waals surface area contributed by atoms with Gasteiger partial charge in [-0.15, -0.1) is 0 Å². The van der Waals surface area contributed by atoms with E-state index in [0.717, 1.165) is 64.4 Å². The number of carbonyl (C=O) groups excluding carboxylic acids is 2. The lowest BCUT2D eigenvalue weighted by molar-refractivity contribution is -0.160. The standard InChI is InChI=1S/C47H58N2O7/c1-5-6-7-37-12-14-39(15-13-37)33-55-41-17-19-43(36(4)29-41)45-31-49(25-27-53-45)23-21-47(51)56-46(50)20-22-48-24-26-52-44(30-48)42-18-16-40(28-35(42)3)54-32-38-10-8-34(2)9-11-38/h8-19,28-29,44-45H,5-7,20-27,30-33H2,1-4H3. The van der Waals surface area contributed by atoms with Crippen molar-refractivity contribution in [2.24, 2.45) is 0 Å². The SMILES string of the molecule is CCCCc1ccc(COc2ccc(C3CN(CCC(=O)OC(=O)CCN4CCOC(c5ccc(OCc6ccc(C)cc6)cc5C)C4)CCO3)c(C)c2)cc1. The number of benzene rings is 4. The summed E-state index contributed by atoms with van der Waals surface area (Å²) in [5, 5.41) is 0. The highest BCUT2D eigenvalue weighted by Crippen LogP contribution is 2.30. The van der Waals surface area contributed by atoms with Crippen molar-refractivity contribution in [2.75, 3.05) is 52.5 Å². The van der Waals surface area contributed by atoms with Gasteiger partial charge in [-0.25, -0.2) is 0 Å². The molecule has 9 heteroatoms. The highest BCUT2D eigenvalue weighted by Gasteiger charge is 2.26. The Labute approximate surface area is 332 Å². The molecule has 6 rings (SSSR count). The molecule has 0 saturated carbocycles. The molecule has 2 saturated heterocycles. The molecule has 4 aromatic carbocycles. The van der Waals surface area contributed by atoms with Crippen LogP contribution in [0.1, 0.15) is 89.3 Å². The van der Waals surface area contributed by atoms with Crippen molar-refractivity contribution in [2.45, 2.75) is 85.2 Å². The quantitative estimate of drug-likeness (QED) is 0.0778. The van der Waals surface area contributed by atoms with E-state index in [0.29, 0.717) is 52.6 Å². The van der Waals surface area contributed by atoms with Crippen LogP contribution in [0, 0.1) is 20.8 Å².